The summed E-state index contributed by atoms with van der Waals surface area (Å²) >= 11 is 0. The summed E-state index contributed by atoms with van der Waals surface area (Å²) in [5, 5.41) is 35.1. The van der Waals surface area contributed by atoms with Crippen LogP contribution in [0.1, 0.15) is 30.5 Å². The van der Waals surface area contributed by atoms with Gasteiger partial charge in [-0.2, -0.15) is 0 Å². The summed E-state index contributed by atoms with van der Waals surface area (Å²) in [4.78, 5) is 19.6. The van der Waals surface area contributed by atoms with E-state index in [-0.39, 0.29) is 23.7 Å². The molecule has 0 amide bonds. The van der Waals surface area contributed by atoms with Crippen LogP contribution >= 0.6 is 0 Å². The highest BCUT2D eigenvalue weighted by molar-refractivity contribution is 5.72. The Labute approximate surface area is 187 Å². The van der Waals surface area contributed by atoms with E-state index < -0.39 is 11.9 Å². The van der Waals surface area contributed by atoms with E-state index in [0.29, 0.717) is 17.7 Å². The van der Waals surface area contributed by atoms with Gasteiger partial charge in [-0.05, 0) is 42.7 Å². The molecule has 174 valence electrons. The second-order valence-electron chi connectivity index (χ2n) is 6.32. The quantitative estimate of drug-likeness (QED) is 0.463. The summed E-state index contributed by atoms with van der Waals surface area (Å²) in [5.41, 5.74) is 2.23. The Morgan fingerprint density at radius 2 is 1.62 bits per heavy atom. The predicted octanol–water partition coefficient (Wildman–Crippen LogP) is 4.28. The number of aromatic hydroxyl groups is 2. The highest BCUT2D eigenvalue weighted by Crippen LogP contribution is 2.32. The van der Waals surface area contributed by atoms with Gasteiger partial charge < -0.3 is 29.9 Å². The summed E-state index contributed by atoms with van der Waals surface area (Å²) in [6.45, 7) is 6.63. The Hall–Kier alpha value is -3.94. The second kappa shape index (κ2) is 15.0. The number of hydrogen-bond acceptors (Lipinski definition) is 6. The number of carboxylic acid groups (broad SMARTS) is 2. The minimum Gasteiger partial charge on any atom is -0.504 e. The van der Waals surface area contributed by atoms with E-state index in [1.165, 1.54) is 14.2 Å². The van der Waals surface area contributed by atoms with E-state index in [1.807, 2.05) is 25.1 Å². The topological polar surface area (TPSA) is 134 Å². The molecule has 0 aliphatic rings. The number of carboxylic acids is 2. The average Bonchev–Trinajstić information content (AvgIpc) is 2.72. The van der Waals surface area contributed by atoms with E-state index in [9.17, 15) is 15.0 Å². The molecule has 0 saturated carbocycles. The van der Waals surface area contributed by atoms with E-state index in [0.717, 1.165) is 18.1 Å². The summed E-state index contributed by atoms with van der Waals surface area (Å²) in [6, 6.07) is 8.55. The Kier molecular flexibility index (Phi) is 13.1. The maximum atomic E-state index is 10.6. The molecule has 8 nitrogen and oxygen atoms in total. The molecular weight excluding hydrogens is 416 g/mol. The highest BCUT2D eigenvalue weighted by atomic mass is 16.5. The van der Waals surface area contributed by atoms with Crippen LogP contribution in [-0.2, 0) is 22.4 Å². The smallest absolute Gasteiger partial charge is 0.307 e. The van der Waals surface area contributed by atoms with Crippen LogP contribution in [0.15, 0.2) is 49.1 Å². The van der Waals surface area contributed by atoms with Crippen molar-refractivity contribution in [1.29, 1.82) is 0 Å². The molecule has 0 aliphatic carbocycles. The minimum atomic E-state index is -0.992. The lowest BCUT2D eigenvalue weighted by Gasteiger charge is -2.10. The molecule has 0 fully saturated rings. The van der Waals surface area contributed by atoms with Crippen molar-refractivity contribution in [1.82, 2.24) is 0 Å². The Balaban J connectivity index is 0.000000529. The highest BCUT2D eigenvalue weighted by Gasteiger charge is 2.12. The molecular formula is C24H30O8. The molecule has 8 heteroatoms. The van der Waals surface area contributed by atoms with Gasteiger partial charge in [0.1, 0.15) is 0 Å². The van der Waals surface area contributed by atoms with Crippen molar-refractivity contribution in [3.05, 3.63) is 65.8 Å². The van der Waals surface area contributed by atoms with E-state index in [4.69, 9.17) is 24.5 Å². The van der Waals surface area contributed by atoms with Crippen molar-refractivity contribution in [3.8, 4) is 23.0 Å². The van der Waals surface area contributed by atoms with Gasteiger partial charge in [-0.1, -0.05) is 30.4 Å². The van der Waals surface area contributed by atoms with Gasteiger partial charge in [-0.25, -0.2) is 0 Å². The van der Waals surface area contributed by atoms with E-state index >= 15 is 0 Å². The van der Waals surface area contributed by atoms with Gasteiger partial charge >= 0.3 is 5.97 Å². The molecule has 32 heavy (non-hydrogen) atoms. The molecule has 0 spiro atoms. The molecule has 0 radical (unpaired) electrons. The summed E-state index contributed by atoms with van der Waals surface area (Å²) in [6.07, 6.45) is 5.96. The first-order chi connectivity index (χ1) is 15.1. The van der Waals surface area contributed by atoms with Crippen LogP contribution in [-0.4, -0.2) is 46.6 Å². The van der Waals surface area contributed by atoms with Gasteiger partial charge in [0.25, 0.3) is 5.97 Å². The Morgan fingerprint density at radius 3 is 2.09 bits per heavy atom. The monoisotopic (exact) mass is 446 g/mol. The zero-order chi connectivity index (χ0) is 24.7. The zero-order valence-electron chi connectivity index (χ0n) is 18.7. The van der Waals surface area contributed by atoms with Gasteiger partial charge in [-0.3, -0.25) is 9.59 Å². The normalized spacial score (nSPS) is 9.62. The third-order valence-electron chi connectivity index (χ3n) is 3.72. The van der Waals surface area contributed by atoms with Crippen molar-refractivity contribution in [2.24, 2.45) is 0 Å². The summed E-state index contributed by atoms with van der Waals surface area (Å²) in [5.74, 6) is -0.974. The number of ether oxygens (including phenoxy) is 2. The van der Waals surface area contributed by atoms with Crippen molar-refractivity contribution >= 4 is 18.0 Å². The lowest BCUT2D eigenvalue weighted by molar-refractivity contribution is -0.136. The first-order valence-electron chi connectivity index (χ1n) is 9.50. The third kappa shape index (κ3) is 10.7. The molecule has 4 N–H and O–H groups in total. The fourth-order valence-electron chi connectivity index (χ4n) is 2.46. The standard InChI is InChI=1S/C12H14O4.C10H12O2.C2H4O2/c1-3-4-8-5-9(7-11(13)14)12(15)10(6-8)16-2;1-3-4-8-5-6-9(11)10(7-8)12-2;1-2(3)4/h3,5-6,15H,1,4,7H2,2H3,(H,13,14);3-7,11H,1-2H3;1H3,(H,3,4). The first kappa shape index (κ1) is 28.1. The van der Waals surface area contributed by atoms with Crippen LogP contribution in [0.2, 0.25) is 0 Å². The molecule has 0 bridgehead atoms. The summed E-state index contributed by atoms with van der Waals surface area (Å²) < 4.78 is 9.93. The molecule has 2 rings (SSSR count). The second-order valence-corrected chi connectivity index (χ2v) is 6.32. The van der Waals surface area contributed by atoms with Gasteiger partial charge in [0.2, 0.25) is 0 Å². The maximum absolute atomic E-state index is 10.6. The average molecular weight is 446 g/mol. The molecule has 2 aromatic rings. The number of phenolic OH excluding ortho intramolecular Hbond substituents is 2. The molecule has 0 aliphatic heterocycles. The number of benzene rings is 2. The van der Waals surface area contributed by atoms with E-state index in [2.05, 4.69) is 6.58 Å². The molecule has 2 aromatic carbocycles. The molecule has 0 saturated heterocycles. The largest absolute Gasteiger partial charge is 0.504 e. The molecule has 0 unspecified atom stereocenters. The number of rotatable bonds is 7. The number of phenols is 2. The number of carbonyl (C=O) groups is 2. The summed E-state index contributed by atoms with van der Waals surface area (Å²) in [7, 11) is 2.96. The van der Waals surface area contributed by atoms with Crippen LogP contribution in [0.25, 0.3) is 6.08 Å². The van der Waals surface area contributed by atoms with Crippen molar-refractivity contribution < 1.29 is 39.5 Å². The predicted molar refractivity (Wildman–Crippen MR) is 123 cm³/mol. The van der Waals surface area contributed by atoms with Crippen molar-refractivity contribution in [2.45, 2.75) is 26.7 Å². The first-order valence-corrected chi connectivity index (χ1v) is 9.50. The molecule has 0 aromatic heterocycles. The van der Waals surface area contributed by atoms with Crippen molar-refractivity contribution in [2.75, 3.05) is 14.2 Å². The fourth-order valence-corrected chi connectivity index (χ4v) is 2.46. The fraction of sp³-hybridized carbons (Fsp3) is 0.250. The zero-order valence-corrected chi connectivity index (χ0v) is 18.7. The Morgan fingerprint density at radius 1 is 1.03 bits per heavy atom. The van der Waals surface area contributed by atoms with Gasteiger partial charge in [0.05, 0.1) is 20.6 Å². The molecule has 0 heterocycles. The van der Waals surface area contributed by atoms with Crippen LogP contribution in [0.4, 0.5) is 0 Å². The SMILES string of the molecule is C=CCc1cc(CC(=O)O)c(O)c(OC)c1.CC(=O)O.CC=Cc1ccc(O)c(OC)c1. The number of hydrogen-bond donors (Lipinski definition) is 4. The number of allylic oxidation sites excluding steroid dienone is 2. The minimum absolute atomic E-state index is 0.113. The lowest BCUT2D eigenvalue weighted by Crippen LogP contribution is -2.02. The lowest BCUT2D eigenvalue weighted by atomic mass is 10.0. The van der Waals surface area contributed by atoms with Gasteiger partial charge in [0, 0.05) is 12.5 Å². The number of methoxy groups -OCH3 is 2. The van der Waals surface area contributed by atoms with E-state index in [1.54, 1.807) is 30.3 Å². The van der Waals surface area contributed by atoms with Crippen LogP contribution in [0.5, 0.6) is 23.0 Å². The van der Waals surface area contributed by atoms with Crippen LogP contribution in [0, 0.1) is 0 Å². The van der Waals surface area contributed by atoms with Crippen LogP contribution < -0.4 is 9.47 Å². The third-order valence-corrected chi connectivity index (χ3v) is 3.72. The van der Waals surface area contributed by atoms with Gasteiger partial charge in [0.15, 0.2) is 23.0 Å². The van der Waals surface area contributed by atoms with Crippen LogP contribution in [0.3, 0.4) is 0 Å². The number of aliphatic carboxylic acids is 2. The Bertz CT molecular complexity index is 928. The molecule has 0 atom stereocenters. The van der Waals surface area contributed by atoms with Crippen molar-refractivity contribution in [3.63, 3.8) is 0 Å². The maximum Gasteiger partial charge on any atom is 0.307 e. The van der Waals surface area contributed by atoms with Gasteiger partial charge in [-0.15, -0.1) is 6.58 Å².